The van der Waals surface area contributed by atoms with Gasteiger partial charge in [0.2, 0.25) is 11.8 Å². The number of fused-ring (bicyclic) bond motifs is 6. The zero-order valence-corrected chi connectivity index (χ0v) is 47.7. The van der Waals surface area contributed by atoms with Crippen LogP contribution in [0.15, 0.2) is 43.1 Å². The molecule has 6 bridgehead atoms. The number of aromatic nitrogens is 2. The molecule has 5 atom stereocenters. The van der Waals surface area contributed by atoms with Crippen molar-refractivity contribution in [2.75, 3.05) is 123 Å². The van der Waals surface area contributed by atoms with Crippen LogP contribution >= 0.6 is 0 Å². The maximum Gasteiger partial charge on any atom is 0.324 e. The van der Waals surface area contributed by atoms with Crippen LogP contribution in [0.3, 0.4) is 0 Å². The number of nitrogens with zero attached hydrogens (tertiary/aromatic N) is 9. The number of carbonyl (C=O) groups is 5. The third-order valence-corrected chi connectivity index (χ3v) is 17.1. The number of morpholine rings is 2. The minimum absolute atomic E-state index is 0.130. The van der Waals surface area contributed by atoms with Crippen LogP contribution in [-0.2, 0) is 51.1 Å². The van der Waals surface area contributed by atoms with E-state index in [2.05, 4.69) is 88.7 Å². The third kappa shape index (κ3) is 12.0. The highest BCUT2D eigenvalue weighted by molar-refractivity contribution is 5.96. The molecule has 6 aliphatic rings. The number of rotatable bonds is 10. The first-order chi connectivity index (χ1) is 37.3. The van der Waals surface area contributed by atoms with Crippen LogP contribution < -0.4 is 20.5 Å². The number of aryl methyl sites for hydroxylation is 1. The number of anilines is 2. The number of ether oxygens (including phenoxy) is 4. The summed E-state index contributed by atoms with van der Waals surface area (Å²) in [6.45, 7) is 24.4. The molecule has 5 saturated heterocycles. The number of cyclic esters (lactones) is 1. The van der Waals surface area contributed by atoms with Gasteiger partial charge >= 0.3 is 12.0 Å². The highest BCUT2D eigenvalue weighted by atomic mass is 16.5. The quantitative estimate of drug-likeness (QED) is 0.208. The Balaban J connectivity index is 1.03. The minimum Gasteiger partial charge on any atom is -0.464 e. The van der Waals surface area contributed by atoms with Gasteiger partial charge in [-0.25, -0.2) is 10.2 Å². The summed E-state index contributed by atoms with van der Waals surface area (Å²) in [6, 6.07) is 5.85. The topological polar surface area (TPSA) is 187 Å². The lowest BCUT2D eigenvalue weighted by molar-refractivity contribution is -0.156. The van der Waals surface area contributed by atoms with Crippen molar-refractivity contribution in [2.45, 2.75) is 123 Å². The zero-order valence-electron chi connectivity index (χ0n) is 47.7. The Bertz CT molecular complexity index is 2690. The van der Waals surface area contributed by atoms with Crippen molar-refractivity contribution in [1.29, 1.82) is 0 Å². The number of carbonyl (C=O) groups excluding carboxylic acids is 5. The number of pyridine rings is 1. The van der Waals surface area contributed by atoms with E-state index in [9.17, 15) is 24.0 Å². The number of benzene rings is 1. The molecule has 6 aliphatic heterocycles. The van der Waals surface area contributed by atoms with Crippen molar-refractivity contribution in [3.05, 3.63) is 54.4 Å². The maximum absolute atomic E-state index is 14.9. The molecule has 78 heavy (non-hydrogen) atoms. The monoisotopic (exact) mass is 1080 g/mol. The number of nitrogens with one attached hydrogen (secondary N) is 2. The fourth-order valence-corrected chi connectivity index (χ4v) is 12.6. The summed E-state index contributed by atoms with van der Waals surface area (Å²) in [5.41, 5.74) is 9.35. The average Bonchev–Trinajstić information content (AvgIpc) is 3.96. The SMILES string of the molecule is C=CC(=O)N1CCOC2(CCN(C(=O)N(C)[C@H](C(=O)N[C@H]3C[C@H]4CN(CCO4)c4ccc5c(c4)c(c(-c4cc(N6CCN(C)CC6)cnc4[C@H](C)OC)n5CC)CC(C)(C)COC(=O)[C@@H]4CCCN(N4)C3=O)C(C)C)CC2)C1. The summed E-state index contributed by atoms with van der Waals surface area (Å²) in [6.07, 6.45) is 5.35. The first kappa shape index (κ1) is 56.9. The molecule has 0 unspecified atom stereocenters. The Morgan fingerprint density at radius 1 is 0.974 bits per heavy atom. The Hall–Kier alpha value is -5.80. The van der Waals surface area contributed by atoms with Crippen molar-refractivity contribution in [2.24, 2.45) is 11.3 Å². The summed E-state index contributed by atoms with van der Waals surface area (Å²) in [4.78, 5) is 88.0. The normalized spacial score (nSPS) is 24.2. The molecule has 9 rings (SSSR count). The molecule has 1 spiro atoms. The summed E-state index contributed by atoms with van der Waals surface area (Å²) in [5, 5.41) is 5.66. The van der Waals surface area contributed by atoms with E-state index in [4.69, 9.17) is 23.9 Å². The van der Waals surface area contributed by atoms with E-state index in [1.807, 2.05) is 27.0 Å². The van der Waals surface area contributed by atoms with Gasteiger partial charge in [0.05, 0.1) is 67.4 Å². The largest absolute Gasteiger partial charge is 0.464 e. The van der Waals surface area contributed by atoms with Gasteiger partial charge < -0.3 is 58.2 Å². The lowest BCUT2D eigenvalue weighted by Gasteiger charge is -2.47. The number of hydrogen-bond donors (Lipinski definition) is 2. The van der Waals surface area contributed by atoms with Gasteiger partial charge in [-0.05, 0) is 94.8 Å². The summed E-state index contributed by atoms with van der Waals surface area (Å²) in [7, 11) is 5.52. The van der Waals surface area contributed by atoms with Crippen LogP contribution in [0.1, 0.15) is 91.0 Å². The molecule has 5 fully saturated rings. The van der Waals surface area contributed by atoms with Crippen LogP contribution in [0, 0.1) is 11.3 Å². The van der Waals surface area contributed by atoms with E-state index in [1.165, 1.54) is 16.0 Å². The zero-order chi connectivity index (χ0) is 55.6. The van der Waals surface area contributed by atoms with Crippen LogP contribution in [0.5, 0.6) is 0 Å². The highest BCUT2D eigenvalue weighted by Crippen LogP contribution is 2.43. The Kier molecular flexibility index (Phi) is 17.4. The number of hydrogen-bond acceptors (Lipinski definition) is 14. The molecular formula is C58H85N11O9. The molecule has 1 aromatic carbocycles. The van der Waals surface area contributed by atoms with Gasteiger partial charge in [0.1, 0.15) is 18.1 Å². The highest BCUT2D eigenvalue weighted by Gasteiger charge is 2.44. The number of urea groups is 1. The predicted molar refractivity (Wildman–Crippen MR) is 299 cm³/mol. The first-order valence-electron chi connectivity index (χ1n) is 28.4. The number of likely N-dealkylation sites (tertiary alicyclic amines) is 1. The second-order valence-electron chi connectivity index (χ2n) is 23.6. The van der Waals surface area contributed by atoms with Crippen LogP contribution in [0.2, 0.25) is 0 Å². The van der Waals surface area contributed by atoms with E-state index in [1.54, 1.807) is 24.0 Å². The standard InChI is InChI=1S/C58H85N11O9/c1-11-49(70)67-27-29-78-58(36-67)17-20-65(21-18-58)56(74)63(9)51(38(3)4)53(71)60-47-32-42-35-66(26-28-76-42)40-15-16-48-43(30-40)45(33-57(6,7)37-77-55(73)46-14-13-19-69(61-46)54(47)72)52(68(48)12-2)44-31-41(34-59-50(44)39(5)75-10)64-24-22-62(8)23-25-64/h11,15-16,30-31,34,38-39,42,46-47,51,61H,1,12-14,17-29,32-33,35-37H2,2-10H3,(H,60,71)/t39-,42-,46-,47-,51-/m0/s1. The Labute approximate surface area is 460 Å². The third-order valence-electron chi connectivity index (χ3n) is 17.1. The van der Waals surface area contributed by atoms with E-state index in [-0.39, 0.29) is 37.0 Å². The first-order valence-corrected chi connectivity index (χ1v) is 28.4. The van der Waals surface area contributed by atoms with Crippen LogP contribution in [0.4, 0.5) is 16.2 Å². The summed E-state index contributed by atoms with van der Waals surface area (Å²) >= 11 is 0. The number of piperidine rings is 1. The van der Waals surface area contributed by atoms with Crippen LogP contribution in [0.25, 0.3) is 22.2 Å². The van der Waals surface area contributed by atoms with Gasteiger partial charge in [0, 0.05) is 120 Å². The van der Waals surface area contributed by atoms with Gasteiger partial charge in [-0.15, -0.1) is 0 Å². The lowest BCUT2D eigenvalue weighted by atomic mass is 9.84. The summed E-state index contributed by atoms with van der Waals surface area (Å²) in [5.74, 6) is -1.77. The van der Waals surface area contributed by atoms with Crippen molar-refractivity contribution < 1.29 is 42.9 Å². The van der Waals surface area contributed by atoms with E-state index in [0.717, 1.165) is 71.0 Å². The smallest absolute Gasteiger partial charge is 0.324 e. The second-order valence-corrected chi connectivity index (χ2v) is 23.6. The molecular weight excluding hydrogens is 995 g/mol. The number of hydrazine groups is 1. The lowest BCUT2D eigenvalue weighted by Crippen LogP contribution is -2.63. The molecule has 20 nitrogen and oxygen atoms in total. The molecule has 20 heteroatoms. The molecule has 0 saturated carbocycles. The molecule has 0 radical (unpaired) electrons. The van der Waals surface area contributed by atoms with Crippen molar-refractivity contribution >= 4 is 52.0 Å². The number of esters is 1. The van der Waals surface area contributed by atoms with Gasteiger partial charge in [0.25, 0.3) is 5.91 Å². The van der Waals surface area contributed by atoms with Crippen molar-refractivity contribution in [3.63, 3.8) is 0 Å². The fraction of sp³-hybridized carbons (Fsp3) is 0.655. The average molecular weight is 1080 g/mol. The van der Waals surface area contributed by atoms with E-state index in [0.29, 0.717) is 97.7 Å². The van der Waals surface area contributed by atoms with Crippen LogP contribution in [-0.4, -0.2) is 207 Å². The molecule has 0 aliphatic carbocycles. The number of piperazine rings is 1. The number of likely N-dealkylation sites (N-methyl/N-ethyl adjacent to an activating group) is 2. The number of methoxy groups -OCH3 is 1. The van der Waals surface area contributed by atoms with Gasteiger partial charge in [-0.3, -0.25) is 29.2 Å². The number of amides is 5. The molecule has 2 N–H and O–H groups in total. The van der Waals surface area contributed by atoms with Gasteiger partial charge in [-0.2, -0.15) is 0 Å². The molecule has 426 valence electrons. The molecule has 2 aromatic heterocycles. The van der Waals surface area contributed by atoms with Crippen molar-refractivity contribution in [3.8, 4) is 11.3 Å². The Morgan fingerprint density at radius 2 is 1.73 bits per heavy atom. The second kappa shape index (κ2) is 23.9. The van der Waals surface area contributed by atoms with E-state index < -0.39 is 53.0 Å². The summed E-state index contributed by atoms with van der Waals surface area (Å²) < 4.78 is 27.4. The van der Waals surface area contributed by atoms with Gasteiger partial charge in [0.15, 0.2) is 0 Å². The fourth-order valence-electron chi connectivity index (χ4n) is 12.6. The molecule has 8 heterocycles. The molecule has 5 amide bonds. The molecule has 3 aromatic rings. The predicted octanol–water partition coefficient (Wildman–Crippen LogP) is 4.84. The maximum atomic E-state index is 14.9. The Morgan fingerprint density at radius 3 is 2.44 bits per heavy atom. The van der Waals surface area contributed by atoms with E-state index >= 15 is 0 Å². The van der Waals surface area contributed by atoms with Crippen molar-refractivity contribution in [1.82, 2.24) is 44.9 Å². The van der Waals surface area contributed by atoms with Gasteiger partial charge in [-0.1, -0.05) is 34.3 Å². The minimum atomic E-state index is -1.07.